The minimum absolute atomic E-state index is 0.359. The van der Waals surface area contributed by atoms with Gasteiger partial charge in [-0.3, -0.25) is 4.90 Å². The molecule has 6 rings (SSSR count). The van der Waals surface area contributed by atoms with Crippen molar-refractivity contribution < 1.29 is 4.74 Å². The van der Waals surface area contributed by atoms with E-state index in [2.05, 4.69) is 52.5 Å². The molecule has 4 aliphatic carbocycles. The zero-order chi connectivity index (χ0) is 22.4. The summed E-state index contributed by atoms with van der Waals surface area (Å²) in [5.41, 5.74) is 2.81. The van der Waals surface area contributed by atoms with Gasteiger partial charge in [-0.05, 0) is 118 Å². The van der Waals surface area contributed by atoms with Gasteiger partial charge in [0.1, 0.15) is 0 Å². The van der Waals surface area contributed by atoms with Crippen molar-refractivity contribution in [2.45, 2.75) is 124 Å². The summed E-state index contributed by atoms with van der Waals surface area (Å²) in [5, 5.41) is 0. The van der Waals surface area contributed by atoms with Gasteiger partial charge in [0.15, 0.2) is 0 Å². The monoisotopic (exact) mass is 439 g/mol. The molecule has 5 fully saturated rings. The highest BCUT2D eigenvalue weighted by Crippen LogP contribution is 2.69. The lowest BCUT2D eigenvalue weighted by Gasteiger charge is -2.58. The molecule has 2 heterocycles. The molecule has 2 aliphatic heterocycles. The Kier molecular flexibility index (Phi) is 5.24. The second kappa shape index (κ2) is 7.58. The van der Waals surface area contributed by atoms with Gasteiger partial charge >= 0.3 is 0 Å². The van der Waals surface area contributed by atoms with Crippen LogP contribution in [0, 0.1) is 46.3 Å². The first kappa shape index (κ1) is 22.1. The van der Waals surface area contributed by atoms with Crippen LogP contribution in [-0.2, 0) is 4.74 Å². The van der Waals surface area contributed by atoms with Gasteiger partial charge in [-0.15, -0.1) is 0 Å². The third-order valence-electron chi connectivity index (χ3n) is 12.1. The summed E-state index contributed by atoms with van der Waals surface area (Å²) < 4.78 is 6.28. The quantitative estimate of drug-likeness (QED) is 0.426. The zero-order valence-corrected chi connectivity index (χ0v) is 21.8. The third kappa shape index (κ3) is 3.03. The summed E-state index contributed by atoms with van der Waals surface area (Å²) in [6.07, 6.45) is 16.2. The molecule has 0 aromatic heterocycles. The number of nitrogens with zero attached hydrogens (tertiary/aromatic N) is 1. The SMILES string of the molecule is CC(C)OC1CCC2(C)C(=CCC3C2CCC2(C)C3CC3C2[C@H](C)C2CC[C@H](C)CN32)C1. The maximum absolute atomic E-state index is 6.28. The lowest BCUT2D eigenvalue weighted by Crippen LogP contribution is -2.51. The number of ether oxygens (including phenoxy) is 1. The van der Waals surface area contributed by atoms with E-state index in [-0.39, 0.29) is 0 Å². The summed E-state index contributed by atoms with van der Waals surface area (Å²) in [6.45, 7) is 16.3. The first-order chi connectivity index (χ1) is 15.2. The molecule has 0 amide bonds. The zero-order valence-electron chi connectivity index (χ0n) is 21.8. The Morgan fingerprint density at radius 3 is 2.59 bits per heavy atom. The van der Waals surface area contributed by atoms with E-state index in [1.165, 1.54) is 64.3 Å². The minimum atomic E-state index is 0.359. The van der Waals surface area contributed by atoms with Crippen molar-refractivity contribution in [2.75, 3.05) is 6.54 Å². The fraction of sp³-hybridized carbons (Fsp3) is 0.933. The molecule has 0 spiro atoms. The van der Waals surface area contributed by atoms with Gasteiger partial charge in [-0.2, -0.15) is 0 Å². The van der Waals surface area contributed by atoms with E-state index < -0.39 is 0 Å². The highest BCUT2D eigenvalue weighted by molar-refractivity contribution is 5.27. The van der Waals surface area contributed by atoms with Gasteiger partial charge in [-0.1, -0.05) is 39.3 Å². The van der Waals surface area contributed by atoms with Gasteiger partial charge < -0.3 is 4.74 Å². The molecule has 0 N–H and O–H groups in total. The number of piperidine rings is 1. The summed E-state index contributed by atoms with van der Waals surface area (Å²) in [4.78, 5) is 3.04. The molecule has 2 nitrogen and oxygen atoms in total. The molecule has 180 valence electrons. The molecule has 2 saturated heterocycles. The molecule has 2 heteroatoms. The van der Waals surface area contributed by atoms with Gasteiger partial charge in [0.2, 0.25) is 0 Å². The number of hydrogen-bond acceptors (Lipinski definition) is 2. The molecule has 0 aromatic rings. The van der Waals surface area contributed by atoms with Crippen molar-refractivity contribution in [3.63, 3.8) is 0 Å². The van der Waals surface area contributed by atoms with E-state index in [1.54, 1.807) is 5.57 Å². The van der Waals surface area contributed by atoms with Crippen LogP contribution in [0.15, 0.2) is 11.6 Å². The fourth-order valence-electron chi connectivity index (χ4n) is 10.9. The van der Waals surface area contributed by atoms with Crippen LogP contribution >= 0.6 is 0 Å². The Hall–Kier alpha value is -0.340. The van der Waals surface area contributed by atoms with Crippen molar-refractivity contribution >= 4 is 0 Å². The molecule has 11 atom stereocenters. The number of rotatable bonds is 2. The Morgan fingerprint density at radius 1 is 1.00 bits per heavy atom. The van der Waals surface area contributed by atoms with E-state index in [1.807, 2.05) is 0 Å². The van der Waals surface area contributed by atoms with Crippen molar-refractivity contribution in [3.05, 3.63) is 11.6 Å². The summed E-state index contributed by atoms with van der Waals surface area (Å²) in [5.74, 6) is 5.58. The highest BCUT2D eigenvalue weighted by Gasteiger charge is 2.66. The molecular weight excluding hydrogens is 390 g/mol. The van der Waals surface area contributed by atoms with Gasteiger partial charge in [0.05, 0.1) is 12.2 Å². The van der Waals surface area contributed by atoms with Gasteiger partial charge in [0, 0.05) is 18.6 Å². The molecule has 6 aliphatic rings. The average molecular weight is 440 g/mol. The van der Waals surface area contributed by atoms with Gasteiger partial charge in [0.25, 0.3) is 0 Å². The molecule has 0 bridgehead atoms. The van der Waals surface area contributed by atoms with Crippen LogP contribution in [0.2, 0.25) is 0 Å². The molecular formula is C30H49NO. The van der Waals surface area contributed by atoms with Crippen LogP contribution in [0.5, 0.6) is 0 Å². The molecule has 0 aromatic carbocycles. The second-order valence-corrected chi connectivity index (χ2v) is 14.0. The van der Waals surface area contributed by atoms with Crippen molar-refractivity contribution in [1.82, 2.24) is 4.90 Å². The van der Waals surface area contributed by atoms with Crippen molar-refractivity contribution in [3.8, 4) is 0 Å². The normalized spacial score (nSPS) is 55.0. The predicted molar refractivity (Wildman–Crippen MR) is 132 cm³/mol. The largest absolute Gasteiger partial charge is 0.375 e. The third-order valence-corrected chi connectivity index (χ3v) is 12.1. The Labute approximate surface area is 197 Å². The van der Waals surface area contributed by atoms with Gasteiger partial charge in [-0.25, -0.2) is 0 Å². The molecule has 32 heavy (non-hydrogen) atoms. The maximum Gasteiger partial charge on any atom is 0.0616 e. The van der Waals surface area contributed by atoms with Crippen LogP contribution in [-0.4, -0.2) is 35.7 Å². The number of allylic oxidation sites excluding steroid dienone is 1. The van der Waals surface area contributed by atoms with E-state index in [9.17, 15) is 0 Å². The lowest BCUT2D eigenvalue weighted by molar-refractivity contribution is -0.0709. The van der Waals surface area contributed by atoms with Crippen LogP contribution in [0.1, 0.15) is 99.3 Å². The molecule has 3 saturated carbocycles. The van der Waals surface area contributed by atoms with Crippen LogP contribution in [0.4, 0.5) is 0 Å². The number of fused-ring (bicyclic) bond motifs is 9. The Morgan fingerprint density at radius 2 is 1.81 bits per heavy atom. The van der Waals surface area contributed by atoms with E-state index in [0.717, 1.165) is 47.6 Å². The Balaban J connectivity index is 1.27. The van der Waals surface area contributed by atoms with Crippen LogP contribution in [0.25, 0.3) is 0 Å². The van der Waals surface area contributed by atoms with E-state index >= 15 is 0 Å². The highest BCUT2D eigenvalue weighted by atomic mass is 16.5. The van der Waals surface area contributed by atoms with Crippen LogP contribution < -0.4 is 0 Å². The number of hydrogen-bond donors (Lipinski definition) is 0. The first-order valence-electron chi connectivity index (χ1n) is 14.3. The first-order valence-corrected chi connectivity index (χ1v) is 14.3. The predicted octanol–water partition coefficient (Wildman–Crippen LogP) is 7.09. The summed E-state index contributed by atoms with van der Waals surface area (Å²) >= 11 is 0. The second-order valence-electron chi connectivity index (χ2n) is 14.0. The minimum Gasteiger partial charge on any atom is -0.375 e. The van der Waals surface area contributed by atoms with E-state index in [0.29, 0.717) is 23.0 Å². The maximum atomic E-state index is 6.28. The molecule has 0 radical (unpaired) electrons. The van der Waals surface area contributed by atoms with E-state index in [4.69, 9.17) is 4.74 Å². The summed E-state index contributed by atoms with van der Waals surface area (Å²) in [7, 11) is 0. The topological polar surface area (TPSA) is 12.5 Å². The average Bonchev–Trinajstić information content (AvgIpc) is 3.20. The van der Waals surface area contributed by atoms with Crippen molar-refractivity contribution in [2.24, 2.45) is 46.3 Å². The molecule has 9 unspecified atom stereocenters. The standard InChI is InChI=1S/C30H49NO/c1-18(2)32-22-11-13-29(5)21(15-22)8-9-23-24(29)12-14-30(6)25(23)16-27-28(30)20(4)26-10-7-19(3)17-31(26)27/h8,18-20,22-28H,7,9-17H2,1-6H3/t19-,20+,22?,23?,24?,25?,26?,27?,28?,29?,30?/m0/s1. The van der Waals surface area contributed by atoms with Crippen molar-refractivity contribution in [1.29, 1.82) is 0 Å². The fourth-order valence-corrected chi connectivity index (χ4v) is 10.9. The summed E-state index contributed by atoms with van der Waals surface area (Å²) in [6, 6.07) is 1.78. The Bertz CT molecular complexity index is 773. The smallest absolute Gasteiger partial charge is 0.0616 e. The van der Waals surface area contributed by atoms with Crippen LogP contribution in [0.3, 0.4) is 0 Å². The lowest BCUT2D eigenvalue weighted by atomic mass is 9.47.